The standard InChI is InChI=1S/C16H20BrN3OS/c1-3-20(4-2)10-12-11-22-15(19-12)9-18-16(21)13-7-5-6-8-14(13)17/h5-8,11H,3-4,9-10H2,1-2H3,(H,18,21). The number of hydrogen-bond acceptors (Lipinski definition) is 4. The van der Waals surface area contributed by atoms with Gasteiger partial charge in [-0.3, -0.25) is 9.69 Å². The number of hydrogen-bond donors (Lipinski definition) is 1. The van der Waals surface area contributed by atoms with E-state index < -0.39 is 0 Å². The molecule has 1 N–H and O–H groups in total. The lowest BCUT2D eigenvalue weighted by Crippen LogP contribution is -2.23. The Labute approximate surface area is 143 Å². The van der Waals surface area contributed by atoms with Gasteiger partial charge in [-0.15, -0.1) is 11.3 Å². The van der Waals surface area contributed by atoms with Crippen molar-refractivity contribution in [3.63, 3.8) is 0 Å². The van der Waals surface area contributed by atoms with Gasteiger partial charge in [0.1, 0.15) is 5.01 Å². The van der Waals surface area contributed by atoms with Crippen LogP contribution in [0.4, 0.5) is 0 Å². The van der Waals surface area contributed by atoms with Crippen molar-refractivity contribution < 1.29 is 4.79 Å². The van der Waals surface area contributed by atoms with E-state index in [9.17, 15) is 4.79 Å². The van der Waals surface area contributed by atoms with Gasteiger partial charge in [0.05, 0.1) is 17.8 Å². The van der Waals surface area contributed by atoms with Gasteiger partial charge in [-0.25, -0.2) is 4.98 Å². The molecule has 0 atom stereocenters. The summed E-state index contributed by atoms with van der Waals surface area (Å²) in [5.74, 6) is -0.0898. The number of thiazole rings is 1. The van der Waals surface area contributed by atoms with Crippen LogP contribution in [0.15, 0.2) is 34.1 Å². The van der Waals surface area contributed by atoms with Gasteiger partial charge < -0.3 is 5.32 Å². The molecule has 1 amide bonds. The number of aromatic nitrogens is 1. The number of nitrogens with zero attached hydrogens (tertiary/aromatic N) is 2. The minimum atomic E-state index is -0.0898. The maximum absolute atomic E-state index is 12.1. The Morgan fingerprint density at radius 2 is 2.05 bits per heavy atom. The maximum Gasteiger partial charge on any atom is 0.252 e. The van der Waals surface area contributed by atoms with Gasteiger partial charge in [0.25, 0.3) is 5.91 Å². The summed E-state index contributed by atoms with van der Waals surface area (Å²) < 4.78 is 0.800. The zero-order valence-corrected chi connectivity index (χ0v) is 15.2. The van der Waals surface area contributed by atoms with E-state index >= 15 is 0 Å². The third kappa shape index (κ3) is 4.63. The number of rotatable bonds is 7. The lowest BCUT2D eigenvalue weighted by Gasteiger charge is -2.15. The summed E-state index contributed by atoms with van der Waals surface area (Å²) in [6, 6.07) is 7.40. The van der Waals surface area contributed by atoms with Crippen LogP contribution in [0.2, 0.25) is 0 Å². The fraction of sp³-hybridized carbons (Fsp3) is 0.375. The normalized spacial score (nSPS) is 10.9. The molecule has 118 valence electrons. The summed E-state index contributed by atoms with van der Waals surface area (Å²) in [4.78, 5) is 19.0. The molecule has 0 fully saturated rings. The summed E-state index contributed by atoms with van der Waals surface area (Å²) in [5, 5.41) is 5.92. The van der Waals surface area contributed by atoms with E-state index in [1.165, 1.54) is 0 Å². The van der Waals surface area contributed by atoms with E-state index in [0.717, 1.165) is 34.8 Å². The predicted molar refractivity (Wildman–Crippen MR) is 94.1 cm³/mol. The van der Waals surface area contributed by atoms with Crippen molar-refractivity contribution in [3.05, 3.63) is 50.4 Å². The first-order chi connectivity index (χ1) is 10.6. The predicted octanol–water partition coefficient (Wildman–Crippen LogP) is 3.68. The van der Waals surface area contributed by atoms with Gasteiger partial charge in [0.2, 0.25) is 0 Å². The van der Waals surface area contributed by atoms with Gasteiger partial charge in [-0.05, 0) is 41.2 Å². The molecule has 0 aliphatic carbocycles. The van der Waals surface area contributed by atoms with E-state index in [-0.39, 0.29) is 5.91 Å². The van der Waals surface area contributed by atoms with E-state index in [4.69, 9.17) is 0 Å². The van der Waals surface area contributed by atoms with Crippen LogP contribution in [0.5, 0.6) is 0 Å². The fourth-order valence-corrected chi connectivity index (χ4v) is 3.27. The molecule has 0 radical (unpaired) electrons. The van der Waals surface area contributed by atoms with Crippen LogP contribution in [0.25, 0.3) is 0 Å². The van der Waals surface area contributed by atoms with Gasteiger partial charge in [-0.1, -0.05) is 26.0 Å². The van der Waals surface area contributed by atoms with Crippen LogP contribution >= 0.6 is 27.3 Å². The number of amides is 1. The summed E-state index contributed by atoms with van der Waals surface area (Å²) in [6.45, 7) is 7.65. The van der Waals surface area contributed by atoms with Crippen molar-refractivity contribution in [2.75, 3.05) is 13.1 Å². The molecule has 0 saturated heterocycles. The summed E-state index contributed by atoms with van der Waals surface area (Å²) >= 11 is 4.98. The second kappa shape index (κ2) is 8.41. The lowest BCUT2D eigenvalue weighted by molar-refractivity contribution is 0.0950. The average molecular weight is 382 g/mol. The van der Waals surface area contributed by atoms with Crippen molar-refractivity contribution in [2.45, 2.75) is 26.9 Å². The van der Waals surface area contributed by atoms with Crippen molar-refractivity contribution in [3.8, 4) is 0 Å². The average Bonchev–Trinajstić information content (AvgIpc) is 2.98. The van der Waals surface area contributed by atoms with Crippen LogP contribution in [0.3, 0.4) is 0 Å². The first-order valence-corrected chi connectivity index (χ1v) is 8.99. The van der Waals surface area contributed by atoms with Gasteiger partial charge in [0, 0.05) is 16.4 Å². The molecule has 1 aromatic carbocycles. The minimum absolute atomic E-state index is 0.0898. The van der Waals surface area contributed by atoms with Crippen LogP contribution in [-0.2, 0) is 13.1 Å². The first kappa shape index (κ1) is 17.1. The van der Waals surface area contributed by atoms with E-state index in [0.29, 0.717) is 12.1 Å². The highest BCUT2D eigenvalue weighted by Gasteiger charge is 2.10. The van der Waals surface area contributed by atoms with Crippen LogP contribution in [0, 0.1) is 0 Å². The Morgan fingerprint density at radius 3 is 2.73 bits per heavy atom. The topological polar surface area (TPSA) is 45.2 Å². The van der Waals surface area contributed by atoms with E-state index in [1.807, 2.05) is 18.2 Å². The maximum atomic E-state index is 12.1. The largest absolute Gasteiger partial charge is 0.345 e. The Kier molecular flexibility index (Phi) is 6.54. The van der Waals surface area contributed by atoms with Gasteiger partial charge >= 0.3 is 0 Å². The molecular weight excluding hydrogens is 362 g/mol. The Hall–Kier alpha value is -1.24. The lowest BCUT2D eigenvalue weighted by atomic mass is 10.2. The van der Waals surface area contributed by atoms with E-state index in [2.05, 4.69) is 50.4 Å². The molecule has 2 rings (SSSR count). The monoisotopic (exact) mass is 381 g/mol. The van der Waals surface area contributed by atoms with E-state index in [1.54, 1.807) is 17.4 Å². The van der Waals surface area contributed by atoms with Gasteiger partial charge in [0.15, 0.2) is 0 Å². The first-order valence-electron chi connectivity index (χ1n) is 7.32. The Balaban J connectivity index is 1.91. The quantitative estimate of drug-likeness (QED) is 0.795. The smallest absolute Gasteiger partial charge is 0.252 e. The minimum Gasteiger partial charge on any atom is -0.345 e. The highest BCUT2D eigenvalue weighted by Crippen LogP contribution is 2.16. The number of nitrogens with one attached hydrogen (secondary N) is 1. The van der Waals surface area contributed by atoms with Crippen LogP contribution in [0.1, 0.15) is 34.9 Å². The highest BCUT2D eigenvalue weighted by molar-refractivity contribution is 9.10. The van der Waals surface area contributed by atoms with Crippen molar-refractivity contribution >= 4 is 33.2 Å². The van der Waals surface area contributed by atoms with Crippen molar-refractivity contribution in [2.24, 2.45) is 0 Å². The third-order valence-corrected chi connectivity index (χ3v) is 4.99. The Morgan fingerprint density at radius 1 is 1.32 bits per heavy atom. The molecule has 0 aliphatic heterocycles. The highest BCUT2D eigenvalue weighted by atomic mass is 79.9. The van der Waals surface area contributed by atoms with Gasteiger partial charge in [-0.2, -0.15) is 0 Å². The zero-order chi connectivity index (χ0) is 15.9. The third-order valence-electron chi connectivity index (χ3n) is 3.40. The number of benzene rings is 1. The fourth-order valence-electron chi connectivity index (χ4n) is 2.08. The number of carbonyl (C=O) groups is 1. The molecule has 0 unspecified atom stereocenters. The second-order valence-corrected chi connectivity index (χ2v) is 6.65. The molecule has 0 spiro atoms. The second-order valence-electron chi connectivity index (χ2n) is 4.86. The van der Waals surface area contributed by atoms with Crippen LogP contribution in [-0.4, -0.2) is 28.9 Å². The summed E-state index contributed by atoms with van der Waals surface area (Å²) in [6.07, 6.45) is 0. The summed E-state index contributed by atoms with van der Waals surface area (Å²) in [5.41, 5.74) is 1.71. The molecule has 6 heteroatoms. The molecule has 0 bridgehead atoms. The van der Waals surface area contributed by atoms with Crippen molar-refractivity contribution in [1.82, 2.24) is 15.2 Å². The SMILES string of the molecule is CCN(CC)Cc1csc(CNC(=O)c2ccccc2Br)n1. The molecule has 0 aliphatic rings. The molecule has 1 aromatic heterocycles. The van der Waals surface area contributed by atoms with Crippen molar-refractivity contribution in [1.29, 1.82) is 0 Å². The molecular formula is C16H20BrN3OS. The zero-order valence-electron chi connectivity index (χ0n) is 12.8. The molecule has 2 aromatic rings. The molecule has 1 heterocycles. The molecule has 4 nitrogen and oxygen atoms in total. The van der Waals surface area contributed by atoms with Crippen LogP contribution < -0.4 is 5.32 Å². The summed E-state index contributed by atoms with van der Waals surface area (Å²) in [7, 11) is 0. The number of carbonyl (C=O) groups excluding carboxylic acids is 1. The number of halogens is 1. The molecule has 22 heavy (non-hydrogen) atoms. The Bertz CT molecular complexity index is 625. The molecule has 0 saturated carbocycles.